The maximum Gasteiger partial charge on any atom is 0.416 e. The third kappa shape index (κ3) is 3.01. The van der Waals surface area contributed by atoms with Crippen molar-refractivity contribution < 1.29 is 22.4 Å². The van der Waals surface area contributed by atoms with Gasteiger partial charge in [-0.25, -0.2) is 4.39 Å². The van der Waals surface area contributed by atoms with Crippen molar-refractivity contribution >= 4 is 18.4 Å². The van der Waals surface area contributed by atoms with Crippen LogP contribution in [0.3, 0.4) is 0 Å². The lowest BCUT2D eigenvalue weighted by Gasteiger charge is -2.10. The summed E-state index contributed by atoms with van der Waals surface area (Å²) in [4.78, 5) is 12.3. The van der Waals surface area contributed by atoms with Crippen molar-refractivity contribution in [3.8, 4) is 0 Å². The Morgan fingerprint density at radius 3 is 2.15 bits per heavy atom. The standard InChI is InChI=1S/C14H8F4OS/c15-10-4-1-8(2-5-10)13(19)11-7-9(14(16,17)18)3-6-12(11)20/h1-7,20H. The van der Waals surface area contributed by atoms with Gasteiger partial charge in [0.05, 0.1) is 5.56 Å². The van der Waals surface area contributed by atoms with Crippen molar-refractivity contribution in [1.82, 2.24) is 0 Å². The molecule has 0 heterocycles. The summed E-state index contributed by atoms with van der Waals surface area (Å²) < 4.78 is 50.7. The Hall–Kier alpha value is -1.82. The fourth-order valence-corrected chi connectivity index (χ4v) is 1.89. The molecule has 0 aromatic heterocycles. The first-order valence-electron chi connectivity index (χ1n) is 5.49. The largest absolute Gasteiger partial charge is 0.416 e. The van der Waals surface area contributed by atoms with E-state index in [9.17, 15) is 22.4 Å². The van der Waals surface area contributed by atoms with E-state index >= 15 is 0 Å². The van der Waals surface area contributed by atoms with Crippen LogP contribution in [-0.2, 0) is 6.18 Å². The van der Waals surface area contributed by atoms with E-state index in [1.165, 1.54) is 12.1 Å². The molecule has 0 spiro atoms. The Kier molecular flexibility index (Phi) is 3.85. The van der Waals surface area contributed by atoms with Gasteiger partial charge in [-0.05, 0) is 42.5 Å². The number of hydrogen-bond donors (Lipinski definition) is 1. The van der Waals surface area contributed by atoms with Crippen molar-refractivity contribution in [2.24, 2.45) is 0 Å². The highest BCUT2D eigenvalue weighted by Crippen LogP contribution is 2.32. The Morgan fingerprint density at radius 2 is 1.60 bits per heavy atom. The number of alkyl halides is 3. The molecule has 2 aromatic rings. The first-order valence-corrected chi connectivity index (χ1v) is 5.94. The quantitative estimate of drug-likeness (QED) is 0.495. The summed E-state index contributed by atoms with van der Waals surface area (Å²) in [5.41, 5.74) is -1.00. The van der Waals surface area contributed by atoms with Crippen LogP contribution >= 0.6 is 12.6 Å². The van der Waals surface area contributed by atoms with Gasteiger partial charge in [-0.15, -0.1) is 12.6 Å². The van der Waals surface area contributed by atoms with Crippen LogP contribution in [0.1, 0.15) is 21.5 Å². The molecule has 20 heavy (non-hydrogen) atoms. The third-order valence-electron chi connectivity index (χ3n) is 2.67. The number of carbonyl (C=O) groups excluding carboxylic acids is 1. The molecular formula is C14H8F4OS. The van der Waals surface area contributed by atoms with E-state index in [1.807, 2.05) is 0 Å². The SMILES string of the molecule is O=C(c1ccc(F)cc1)c1cc(C(F)(F)F)ccc1S. The number of carbonyl (C=O) groups is 1. The van der Waals surface area contributed by atoms with E-state index in [4.69, 9.17) is 0 Å². The molecule has 0 bridgehead atoms. The van der Waals surface area contributed by atoms with Gasteiger partial charge in [-0.1, -0.05) is 0 Å². The number of hydrogen-bond acceptors (Lipinski definition) is 2. The van der Waals surface area contributed by atoms with Gasteiger partial charge < -0.3 is 0 Å². The van der Waals surface area contributed by atoms with Gasteiger partial charge in [0.1, 0.15) is 5.82 Å². The first kappa shape index (κ1) is 14.6. The molecule has 0 fully saturated rings. The van der Waals surface area contributed by atoms with Gasteiger partial charge in [0.2, 0.25) is 0 Å². The third-order valence-corrected chi connectivity index (χ3v) is 3.06. The van der Waals surface area contributed by atoms with Gasteiger partial charge in [0.25, 0.3) is 0 Å². The van der Waals surface area contributed by atoms with Crippen LogP contribution in [0.4, 0.5) is 17.6 Å². The van der Waals surface area contributed by atoms with Gasteiger partial charge >= 0.3 is 6.18 Å². The fraction of sp³-hybridized carbons (Fsp3) is 0.0714. The minimum absolute atomic E-state index is 0.0982. The maximum atomic E-state index is 12.8. The number of ketones is 1. The molecule has 0 unspecified atom stereocenters. The van der Waals surface area contributed by atoms with Crippen molar-refractivity contribution in [2.75, 3.05) is 0 Å². The molecule has 0 aliphatic rings. The zero-order valence-electron chi connectivity index (χ0n) is 9.91. The summed E-state index contributed by atoms with van der Waals surface area (Å²) in [6.45, 7) is 0. The van der Waals surface area contributed by atoms with Crippen molar-refractivity contribution in [3.05, 3.63) is 65.0 Å². The van der Waals surface area contributed by atoms with E-state index < -0.39 is 23.3 Å². The molecule has 0 aliphatic heterocycles. The van der Waals surface area contributed by atoms with Gasteiger partial charge in [-0.3, -0.25) is 4.79 Å². The average molecular weight is 300 g/mol. The summed E-state index contributed by atoms with van der Waals surface area (Å²) in [6.07, 6.45) is -4.54. The molecular weight excluding hydrogens is 292 g/mol. The van der Waals surface area contributed by atoms with E-state index in [-0.39, 0.29) is 16.0 Å². The number of rotatable bonds is 2. The average Bonchev–Trinajstić information content (AvgIpc) is 2.38. The molecule has 6 heteroatoms. The van der Waals surface area contributed by atoms with Crippen LogP contribution in [-0.4, -0.2) is 5.78 Å². The summed E-state index contributed by atoms with van der Waals surface area (Å²) in [5, 5.41) is 0. The zero-order valence-corrected chi connectivity index (χ0v) is 10.8. The van der Waals surface area contributed by atoms with Crippen molar-refractivity contribution in [1.29, 1.82) is 0 Å². The highest BCUT2D eigenvalue weighted by Gasteiger charge is 2.31. The lowest BCUT2D eigenvalue weighted by molar-refractivity contribution is -0.137. The predicted octanol–water partition coefficient (Wildman–Crippen LogP) is 4.36. The van der Waals surface area contributed by atoms with E-state index in [0.29, 0.717) is 0 Å². The minimum Gasteiger partial charge on any atom is -0.289 e. The first-order chi connectivity index (χ1) is 9.29. The normalized spacial score (nSPS) is 11.4. The smallest absolute Gasteiger partial charge is 0.289 e. The maximum absolute atomic E-state index is 12.8. The summed E-state index contributed by atoms with van der Waals surface area (Å²) >= 11 is 3.99. The lowest BCUT2D eigenvalue weighted by atomic mass is 10.0. The lowest BCUT2D eigenvalue weighted by Crippen LogP contribution is -2.09. The Balaban J connectivity index is 2.46. The predicted molar refractivity (Wildman–Crippen MR) is 68.5 cm³/mol. The van der Waals surface area contributed by atoms with Crippen LogP contribution in [0, 0.1) is 5.82 Å². The van der Waals surface area contributed by atoms with E-state index in [1.54, 1.807) is 0 Å². The second kappa shape index (κ2) is 5.28. The summed E-state index contributed by atoms with van der Waals surface area (Å²) in [7, 11) is 0. The van der Waals surface area contributed by atoms with Crippen LogP contribution in [0.5, 0.6) is 0 Å². The van der Waals surface area contributed by atoms with Crippen molar-refractivity contribution in [3.63, 3.8) is 0 Å². The monoisotopic (exact) mass is 300 g/mol. The summed E-state index contributed by atoms with van der Waals surface area (Å²) in [5.74, 6) is -1.17. The number of benzene rings is 2. The molecule has 0 saturated heterocycles. The molecule has 0 radical (unpaired) electrons. The van der Waals surface area contributed by atoms with Crippen LogP contribution in [0.2, 0.25) is 0 Å². The summed E-state index contributed by atoms with van der Waals surface area (Å²) in [6, 6.07) is 7.27. The van der Waals surface area contributed by atoms with E-state index in [0.717, 1.165) is 30.3 Å². The highest BCUT2D eigenvalue weighted by molar-refractivity contribution is 7.80. The van der Waals surface area contributed by atoms with Crippen molar-refractivity contribution in [2.45, 2.75) is 11.1 Å². The van der Waals surface area contributed by atoms with Gasteiger partial charge in [0, 0.05) is 16.0 Å². The molecule has 0 aliphatic carbocycles. The van der Waals surface area contributed by atoms with Crippen LogP contribution < -0.4 is 0 Å². The second-order valence-corrected chi connectivity index (χ2v) is 4.55. The van der Waals surface area contributed by atoms with Crippen LogP contribution in [0.25, 0.3) is 0 Å². The van der Waals surface area contributed by atoms with Gasteiger partial charge in [-0.2, -0.15) is 13.2 Å². The number of halogens is 4. The zero-order chi connectivity index (χ0) is 14.9. The second-order valence-electron chi connectivity index (χ2n) is 4.07. The van der Waals surface area contributed by atoms with Gasteiger partial charge in [0.15, 0.2) is 5.78 Å². The molecule has 0 N–H and O–H groups in total. The molecule has 0 saturated carbocycles. The molecule has 1 nitrogen and oxygen atoms in total. The molecule has 2 rings (SSSR count). The highest BCUT2D eigenvalue weighted by atomic mass is 32.1. The molecule has 0 amide bonds. The fourth-order valence-electron chi connectivity index (χ4n) is 1.65. The Labute approximate surface area is 117 Å². The molecule has 0 atom stereocenters. The minimum atomic E-state index is -4.54. The topological polar surface area (TPSA) is 17.1 Å². The molecule has 2 aromatic carbocycles. The van der Waals surface area contributed by atoms with E-state index in [2.05, 4.69) is 12.6 Å². The Morgan fingerprint density at radius 1 is 1.00 bits per heavy atom. The Bertz CT molecular complexity index is 647. The van der Waals surface area contributed by atoms with Crippen LogP contribution in [0.15, 0.2) is 47.4 Å². The number of thiol groups is 1. The molecule has 104 valence electrons.